The summed E-state index contributed by atoms with van der Waals surface area (Å²) in [6, 6.07) is 1.79. The second kappa shape index (κ2) is 10.8. The van der Waals surface area contributed by atoms with Crippen molar-refractivity contribution in [3.63, 3.8) is 0 Å². The Kier molecular flexibility index (Phi) is 8.74. The molecule has 1 aromatic heterocycles. The van der Waals surface area contributed by atoms with E-state index in [1.54, 1.807) is 13.2 Å². The minimum absolute atomic E-state index is 0.0391. The molecule has 9 heteroatoms. The molecule has 1 aliphatic rings. The van der Waals surface area contributed by atoms with Crippen LogP contribution in [-0.4, -0.2) is 79.5 Å². The van der Waals surface area contributed by atoms with Crippen LogP contribution in [0.25, 0.3) is 0 Å². The third-order valence-corrected chi connectivity index (χ3v) is 5.03. The van der Waals surface area contributed by atoms with Gasteiger partial charge in [-0.2, -0.15) is 0 Å². The van der Waals surface area contributed by atoms with Gasteiger partial charge in [0.1, 0.15) is 11.0 Å². The molecule has 2 rings (SSSR count). The van der Waals surface area contributed by atoms with Gasteiger partial charge in [-0.1, -0.05) is 30.3 Å². The molecule has 1 amide bonds. The average Bonchev–Trinajstić information content (AvgIpc) is 2.63. The van der Waals surface area contributed by atoms with Crippen LogP contribution in [0.5, 0.6) is 0 Å². The standard InChI is InChI=1S/C16H26ClN5O2S/c1-3-21-6-8-22(9-7-21)14-11-13(17)19-16(20-14)25-12-15(23)18-5-4-10-24-2/h11H,3-10,12H2,1-2H3,(H,18,23). The number of amides is 1. The molecule has 0 unspecified atom stereocenters. The Bertz CT molecular complexity index is 555. The molecule has 2 heterocycles. The number of anilines is 1. The molecule has 1 fully saturated rings. The number of thioether (sulfide) groups is 1. The van der Waals surface area contributed by atoms with Crippen LogP contribution in [0.15, 0.2) is 11.2 Å². The zero-order chi connectivity index (χ0) is 18.1. The number of likely N-dealkylation sites (N-methyl/N-ethyl adjacent to an activating group) is 1. The molecule has 0 spiro atoms. The van der Waals surface area contributed by atoms with Crippen molar-refractivity contribution in [3.05, 3.63) is 11.2 Å². The van der Waals surface area contributed by atoms with Crippen molar-refractivity contribution in [2.75, 3.05) is 63.6 Å². The number of nitrogens with zero attached hydrogens (tertiary/aromatic N) is 4. The molecular formula is C16H26ClN5O2S. The summed E-state index contributed by atoms with van der Waals surface area (Å²) < 4.78 is 4.95. The van der Waals surface area contributed by atoms with Crippen LogP contribution in [-0.2, 0) is 9.53 Å². The van der Waals surface area contributed by atoms with Crippen LogP contribution in [0.4, 0.5) is 5.82 Å². The molecule has 0 aliphatic carbocycles. The molecule has 0 saturated carbocycles. The van der Waals surface area contributed by atoms with Crippen LogP contribution in [0.1, 0.15) is 13.3 Å². The van der Waals surface area contributed by atoms with Crippen LogP contribution in [0.3, 0.4) is 0 Å². The maximum Gasteiger partial charge on any atom is 0.230 e. The molecule has 0 radical (unpaired) electrons. The van der Waals surface area contributed by atoms with E-state index < -0.39 is 0 Å². The maximum absolute atomic E-state index is 11.8. The number of hydrogen-bond donors (Lipinski definition) is 1. The number of rotatable bonds is 9. The Morgan fingerprint density at radius 3 is 2.80 bits per heavy atom. The van der Waals surface area contributed by atoms with Gasteiger partial charge < -0.3 is 19.9 Å². The predicted molar refractivity (Wildman–Crippen MR) is 102 cm³/mol. The van der Waals surface area contributed by atoms with E-state index in [4.69, 9.17) is 16.3 Å². The van der Waals surface area contributed by atoms with Crippen molar-refractivity contribution in [3.8, 4) is 0 Å². The summed E-state index contributed by atoms with van der Waals surface area (Å²) in [7, 11) is 1.65. The van der Waals surface area contributed by atoms with E-state index in [1.807, 2.05) is 0 Å². The normalized spacial score (nSPS) is 15.4. The summed E-state index contributed by atoms with van der Waals surface area (Å²) in [5.41, 5.74) is 0. The van der Waals surface area contributed by atoms with Crippen LogP contribution >= 0.6 is 23.4 Å². The number of piperazine rings is 1. The summed E-state index contributed by atoms with van der Waals surface area (Å²) in [5.74, 6) is 1.07. The second-order valence-corrected chi connectivity index (χ2v) is 7.07. The number of halogens is 1. The van der Waals surface area contributed by atoms with E-state index in [9.17, 15) is 4.79 Å². The highest BCUT2D eigenvalue weighted by Crippen LogP contribution is 2.22. The Hall–Kier alpha value is -1.09. The van der Waals surface area contributed by atoms with Crippen LogP contribution in [0, 0.1) is 0 Å². The van der Waals surface area contributed by atoms with E-state index >= 15 is 0 Å². The third-order valence-electron chi connectivity index (χ3n) is 3.98. The number of carbonyl (C=O) groups excluding carboxylic acids is 1. The zero-order valence-corrected chi connectivity index (χ0v) is 16.4. The van der Waals surface area contributed by atoms with Crippen molar-refractivity contribution in [1.82, 2.24) is 20.2 Å². The third kappa shape index (κ3) is 6.97. The lowest BCUT2D eigenvalue weighted by Crippen LogP contribution is -2.46. The molecule has 0 aromatic carbocycles. The Morgan fingerprint density at radius 1 is 1.36 bits per heavy atom. The summed E-state index contributed by atoms with van der Waals surface area (Å²) in [6.07, 6.45) is 0.800. The topological polar surface area (TPSA) is 70.6 Å². The summed E-state index contributed by atoms with van der Waals surface area (Å²) in [5, 5.41) is 3.79. The molecular weight excluding hydrogens is 362 g/mol. The van der Waals surface area contributed by atoms with Crippen molar-refractivity contribution in [2.24, 2.45) is 0 Å². The molecule has 1 N–H and O–H groups in total. The quantitative estimate of drug-likeness (QED) is 0.298. The molecule has 7 nitrogen and oxygen atoms in total. The molecule has 0 bridgehead atoms. The highest BCUT2D eigenvalue weighted by atomic mass is 35.5. The molecule has 0 atom stereocenters. The highest BCUT2D eigenvalue weighted by Gasteiger charge is 2.18. The smallest absolute Gasteiger partial charge is 0.230 e. The van der Waals surface area contributed by atoms with E-state index in [1.165, 1.54) is 11.8 Å². The minimum atomic E-state index is -0.0391. The number of hydrogen-bond acceptors (Lipinski definition) is 7. The number of aromatic nitrogens is 2. The summed E-state index contributed by atoms with van der Waals surface area (Å²) in [4.78, 5) is 25.3. The van der Waals surface area contributed by atoms with E-state index in [-0.39, 0.29) is 11.7 Å². The van der Waals surface area contributed by atoms with Crippen molar-refractivity contribution in [2.45, 2.75) is 18.5 Å². The first-order valence-electron chi connectivity index (χ1n) is 8.52. The Balaban J connectivity index is 1.85. The van der Waals surface area contributed by atoms with Gasteiger partial charge in [-0.15, -0.1) is 0 Å². The predicted octanol–water partition coefficient (Wildman–Crippen LogP) is 1.52. The number of nitrogens with one attached hydrogen (secondary N) is 1. The van der Waals surface area contributed by atoms with Crippen molar-refractivity contribution >= 4 is 35.1 Å². The van der Waals surface area contributed by atoms with Gasteiger partial charge >= 0.3 is 0 Å². The minimum Gasteiger partial charge on any atom is -0.385 e. The summed E-state index contributed by atoms with van der Waals surface area (Å²) in [6.45, 7) is 8.37. The number of carbonyl (C=O) groups is 1. The van der Waals surface area contributed by atoms with E-state index in [0.717, 1.165) is 45.0 Å². The number of ether oxygens (including phenoxy) is 1. The lowest BCUT2D eigenvalue weighted by Gasteiger charge is -2.34. The fraction of sp³-hybridized carbons (Fsp3) is 0.688. The largest absolute Gasteiger partial charge is 0.385 e. The first-order valence-corrected chi connectivity index (χ1v) is 9.89. The van der Waals surface area contributed by atoms with Gasteiger partial charge in [-0.25, -0.2) is 9.97 Å². The molecule has 140 valence electrons. The Morgan fingerprint density at radius 2 is 2.12 bits per heavy atom. The number of methoxy groups -OCH3 is 1. The molecule has 25 heavy (non-hydrogen) atoms. The summed E-state index contributed by atoms with van der Waals surface area (Å²) >= 11 is 7.45. The monoisotopic (exact) mass is 387 g/mol. The average molecular weight is 388 g/mol. The van der Waals surface area contributed by atoms with Gasteiger partial charge in [0, 0.05) is 52.5 Å². The van der Waals surface area contributed by atoms with Gasteiger partial charge in [0.25, 0.3) is 0 Å². The second-order valence-electron chi connectivity index (χ2n) is 5.74. The van der Waals surface area contributed by atoms with Gasteiger partial charge in [0.05, 0.1) is 5.75 Å². The van der Waals surface area contributed by atoms with Gasteiger partial charge in [-0.3, -0.25) is 4.79 Å². The molecule has 1 aromatic rings. The van der Waals surface area contributed by atoms with E-state index in [2.05, 4.69) is 32.0 Å². The van der Waals surface area contributed by atoms with Crippen molar-refractivity contribution in [1.29, 1.82) is 0 Å². The highest BCUT2D eigenvalue weighted by molar-refractivity contribution is 7.99. The fourth-order valence-electron chi connectivity index (χ4n) is 2.53. The lowest BCUT2D eigenvalue weighted by atomic mass is 10.3. The maximum atomic E-state index is 11.8. The zero-order valence-electron chi connectivity index (χ0n) is 14.8. The molecule has 1 saturated heterocycles. The van der Waals surface area contributed by atoms with Gasteiger partial charge in [0.15, 0.2) is 5.16 Å². The van der Waals surface area contributed by atoms with Gasteiger partial charge in [-0.05, 0) is 13.0 Å². The first-order chi connectivity index (χ1) is 12.1. The lowest BCUT2D eigenvalue weighted by molar-refractivity contribution is -0.118. The molecule has 1 aliphatic heterocycles. The first kappa shape index (κ1) is 20.2. The van der Waals surface area contributed by atoms with E-state index in [0.29, 0.717) is 23.5 Å². The van der Waals surface area contributed by atoms with Crippen LogP contribution in [0.2, 0.25) is 5.15 Å². The van der Waals surface area contributed by atoms with Gasteiger partial charge in [0.2, 0.25) is 5.91 Å². The Labute approximate surface area is 158 Å². The fourth-order valence-corrected chi connectivity index (χ4v) is 3.44. The SMILES string of the molecule is CCN1CCN(c2cc(Cl)nc(SCC(=O)NCCCOC)n2)CC1. The van der Waals surface area contributed by atoms with Crippen molar-refractivity contribution < 1.29 is 9.53 Å². The van der Waals surface area contributed by atoms with Crippen LogP contribution < -0.4 is 10.2 Å².